The summed E-state index contributed by atoms with van der Waals surface area (Å²) in [6.45, 7) is -0.299. The molecule has 1 saturated heterocycles. The van der Waals surface area contributed by atoms with E-state index in [2.05, 4.69) is 10.6 Å². The average Bonchev–Trinajstić information content (AvgIpc) is 2.83. The van der Waals surface area contributed by atoms with Crippen LogP contribution in [-0.2, 0) is 14.6 Å². The third kappa shape index (κ3) is 4.67. The van der Waals surface area contributed by atoms with E-state index in [1.165, 1.54) is 12.1 Å². The van der Waals surface area contributed by atoms with Crippen molar-refractivity contribution in [3.63, 3.8) is 0 Å². The van der Waals surface area contributed by atoms with Gasteiger partial charge < -0.3 is 15.5 Å². The zero-order valence-electron chi connectivity index (χ0n) is 13.5. The van der Waals surface area contributed by atoms with Crippen molar-refractivity contribution in [2.24, 2.45) is 0 Å². The van der Waals surface area contributed by atoms with E-state index in [0.29, 0.717) is 12.1 Å². The molecule has 7 nitrogen and oxygen atoms in total. The van der Waals surface area contributed by atoms with E-state index in [-0.39, 0.29) is 23.6 Å². The van der Waals surface area contributed by atoms with E-state index >= 15 is 0 Å². The zero-order valence-corrected chi connectivity index (χ0v) is 14.3. The fourth-order valence-electron chi connectivity index (χ4n) is 2.46. The van der Waals surface area contributed by atoms with Gasteiger partial charge in [0.05, 0.1) is 23.7 Å². The second-order valence-electron chi connectivity index (χ2n) is 5.91. The summed E-state index contributed by atoms with van der Waals surface area (Å²) in [7, 11) is 0.293. The molecule has 0 saturated carbocycles. The number of anilines is 1. The fourth-order valence-corrected chi connectivity index (χ4v) is 4.13. The monoisotopic (exact) mass is 357 g/mol. The minimum absolute atomic E-state index is 0.0573. The molecule has 9 heteroatoms. The van der Waals surface area contributed by atoms with E-state index in [4.69, 9.17) is 0 Å². The molecule has 1 unspecified atom stereocenters. The number of benzene rings is 1. The first kappa shape index (κ1) is 18.2. The first-order valence-corrected chi connectivity index (χ1v) is 9.25. The largest absolute Gasteiger partial charge is 0.375 e. The minimum atomic E-state index is -3.08. The molecule has 0 spiro atoms. The van der Waals surface area contributed by atoms with Crippen molar-refractivity contribution < 1.29 is 22.4 Å². The van der Waals surface area contributed by atoms with Crippen molar-refractivity contribution in [3.05, 3.63) is 29.6 Å². The van der Waals surface area contributed by atoms with Crippen molar-refractivity contribution in [1.82, 2.24) is 10.6 Å². The number of sulfone groups is 1. The van der Waals surface area contributed by atoms with Crippen LogP contribution in [0.4, 0.5) is 10.1 Å². The molecule has 2 amide bonds. The molecule has 0 aromatic heterocycles. The zero-order chi connectivity index (χ0) is 17.9. The number of hydrogen-bond donors (Lipinski definition) is 2. The molecule has 0 aliphatic carbocycles. The maximum Gasteiger partial charge on any atom is 0.251 e. The molecule has 1 aliphatic heterocycles. The van der Waals surface area contributed by atoms with Crippen LogP contribution in [0.1, 0.15) is 16.8 Å². The Labute approximate surface area is 140 Å². The van der Waals surface area contributed by atoms with Gasteiger partial charge in [0.2, 0.25) is 5.91 Å². The summed E-state index contributed by atoms with van der Waals surface area (Å²) < 4.78 is 36.5. The lowest BCUT2D eigenvalue weighted by Crippen LogP contribution is -2.42. The smallest absolute Gasteiger partial charge is 0.251 e. The Morgan fingerprint density at radius 2 is 2.04 bits per heavy atom. The van der Waals surface area contributed by atoms with Crippen LogP contribution in [0.2, 0.25) is 0 Å². The summed E-state index contributed by atoms with van der Waals surface area (Å²) in [6, 6.07) is 3.63. The van der Waals surface area contributed by atoms with Gasteiger partial charge in [-0.3, -0.25) is 9.59 Å². The highest BCUT2D eigenvalue weighted by Crippen LogP contribution is 2.18. The molecule has 2 N–H and O–H groups in total. The topological polar surface area (TPSA) is 95.6 Å². The predicted molar refractivity (Wildman–Crippen MR) is 88.3 cm³/mol. The normalized spacial score (nSPS) is 18.9. The quantitative estimate of drug-likeness (QED) is 0.769. The highest BCUT2D eigenvalue weighted by molar-refractivity contribution is 7.91. The molecule has 1 fully saturated rings. The Balaban J connectivity index is 1.86. The maximum absolute atomic E-state index is 13.8. The number of rotatable bonds is 5. The van der Waals surface area contributed by atoms with Crippen LogP contribution in [0, 0.1) is 5.82 Å². The van der Waals surface area contributed by atoms with Gasteiger partial charge in [-0.05, 0) is 24.6 Å². The Morgan fingerprint density at radius 1 is 1.33 bits per heavy atom. The summed E-state index contributed by atoms with van der Waals surface area (Å²) in [6.07, 6.45) is 0.374. The molecular weight excluding hydrogens is 337 g/mol. The molecule has 132 valence electrons. The van der Waals surface area contributed by atoms with Crippen molar-refractivity contribution in [2.75, 3.05) is 37.0 Å². The van der Waals surface area contributed by atoms with Gasteiger partial charge in [-0.1, -0.05) is 0 Å². The highest BCUT2D eigenvalue weighted by Gasteiger charge is 2.28. The summed E-state index contributed by atoms with van der Waals surface area (Å²) in [4.78, 5) is 25.3. The average molecular weight is 357 g/mol. The van der Waals surface area contributed by atoms with E-state index < -0.39 is 33.5 Å². The first-order valence-electron chi connectivity index (χ1n) is 7.43. The number of nitrogens with one attached hydrogen (secondary N) is 2. The van der Waals surface area contributed by atoms with Gasteiger partial charge in [0.15, 0.2) is 9.84 Å². The lowest BCUT2D eigenvalue weighted by Gasteiger charge is -2.14. The van der Waals surface area contributed by atoms with Crippen LogP contribution in [0.15, 0.2) is 18.2 Å². The fraction of sp³-hybridized carbons (Fsp3) is 0.467. The molecule has 1 aliphatic rings. The second-order valence-corrected chi connectivity index (χ2v) is 8.14. The molecule has 0 radical (unpaired) electrons. The molecule has 0 bridgehead atoms. The summed E-state index contributed by atoms with van der Waals surface area (Å²) in [5.74, 6) is -1.61. The number of carbonyl (C=O) groups excluding carboxylic acids is 2. The Kier molecular flexibility index (Phi) is 5.43. The number of amides is 2. The minimum Gasteiger partial charge on any atom is -0.375 e. The molecule has 24 heavy (non-hydrogen) atoms. The van der Waals surface area contributed by atoms with Gasteiger partial charge >= 0.3 is 0 Å². The molecule has 2 rings (SSSR count). The Morgan fingerprint density at radius 3 is 2.58 bits per heavy atom. The standard InChI is InChI=1S/C15H20FN3O4S/c1-19(2)13-4-3-10(7-12(13)16)15(21)17-8-14(20)18-11-5-6-24(22,23)9-11/h3-4,7,11H,5-6,8-9H2,1-2H3,(H,17,21)(H,18,20). The maximum atomic E-state index is 13.8. The Bertz CT molecular complexity index is 749. The SMILES string of the molecule is CN(C)c1ccc(C(=O)NCC(=O)NC2CCS(=O)(=O)C2)cc1F. The molecule has 1 heterocycles. The van der Waals surface area contributed by atoms with Crippen LogP contribution >= 0.6 is 0 Å². The number of hydrogen-bond acceptors (Lipinski definition) is 5. The predicted octanol–water partition coefficient (Wildman–Crippen LogP) is -0.0752. The third-order valence-electron chi connectivity index (χ3n) is 3.70. The van der Waals surface area contributed by atoms with Crippen LogP contribution in [0.3, 0.4) is 0 Å². The summed E-state index contributed by atoms with van der Waals surface area (Å²) >= 11 is 0. The van der Waals surface area contributed by atoms with Crippen LogP contribution in [-0.4, -0.2) is 58.4 Å². The number of nitrogens with zero attached hydrogens (tertiary/aromatic N) is 1. The van der Waals surface area contributed by atoms with Crippen molar-refractivity contribution in [1.29, 1.82) is 0 Å². The van der Waals surface area contributed by atoms with E-state index in [1.54, 1.807) is 19.0 Å². The number of halogens is 1. The van der Waals surface area contributed by atoms with Gasteiger partial charge in [0.1, 0.15) is 5.82 Å². The number of carbonyl (C=O) groups is 2. The van der Waals surface area contributed by atoms with Gasteiger partial charge in [-0.25, -0.2) is 12.8 Å². The summed E-state index contributed by atoms with van der Waals surface area (Å²) in [5.41, 5.74) is 0.459. The summed E-state index contributed by atoms with van der Waals surface area (Å²) in [5, 5.41) is 4.95. The van der Waals surface area contributed by atoms with E-state index in [9.17, 15) is 22.4 Å². The lowest BCUT2D eigenvalue weighted by atomic mass is 10.1. The van der Waals surface area contributed by atoms with Crippen LogP contribution in [0.25, 0.3) is 0 Å². The highest BCUT2D eigenvalue weighted by atomic mass is 32.2. The van der Waals surface area contributed by atoms with Crippen molar-refractivity contribution >= 4 is 27.3 Å². The van der Waals surface area contributed by atoms with Gasteiger partial charge in [0, 0.05) is 25.7 Å². The second kappa shape index (κ2) is 7.16. The van der Waals surface area contributed by atoms with Crippen LogP contribution in [0.5, 0.6) is 0 Å². The Hall–Kier alpha value is -2.16. The van der Waals surface area contributed by atoms with Gasteiger partial charge in [-0.15, -0.1) is 0 Å². The van der Waals surface area contributed by atoms with Crippen molar-refractivity contribution in [3.8, 4) is 0 Å². The molecule has 1 aromatic rings. The van der Waals surface area contributed by atoms with Gasteiger partial charge in [0.25, 0.3) is 5.91 Å². The van der Waals surface area contributed by atoms with Crippen molar-refractivity contribution in [2.45, 2.75) is 12.5 Å². The molecule has 1 aromatic carbocycles. The molecule has 1 atom stereocenters. The first-order chi connectivity index (χ1) is 11.2. The van der Waals surface area contributed by atoms with E-state index in [1.807, 2.05) is 0 Å². The molecular formula is C15H20FN3O4S. The lowest BCUT2D eigenvalue weighted by molar-refractivity contribution is -0.120. The van der Waals surface area contributed by atoms with Crippen LogP contribution < -0.4 is 15.5 Å². The van der Waals surface area contributed by atoms with Gasteiger partial charge in [-0.2, -0.15) is 0 Å². The third-order valence-corrected chi connectivity index (χ3v) is 5.47. The van der Waals surface area contributed by atoms with E-state index in [0.717, 1.165) is 6.07 Å².